The standard InChI is InChI=1S/C34H38ClFN4O5/c1-20-23(8-7-11-29(20)37-32(41)27-19-39(3)34(43)40(4)33(27)42)25-10-6-9-24(31(25)35)21-16-28(36)26(30(17-21)44-5)18-38(2)22-12-14-45-15-13-22/h6-11,16-17,22,27H,12-15,18-19H2,1-5H3,(H,37,41). The van der Waals surface area contributed by atoms with Gasteiger partial charge in [-0.25, -0.2) is 9.18 Å². The second-order valence-electron chi connectivity index (χ2n) is 11.6. The van der Waals surface area contributed by atoms with Gasteiger partial charge in [0.25, 0.3) is 0 Å². The predicted molar refractivity (Wildman–Crippen MR) is 172 cm³/mol. The lowest BCUT2D eigenvalue weighted by Crippen LogP contribution is -2.56. The van der Waals surface area contributed by atoms with Gasteiger partial charge in [0.2, 0.25) is 11.8 Å². The fraction of sp³-hybridized carbons (Fsp3) is 0.382. The zero-order valence-corrected chi connectivity index (χ0v) is 26.9. The van der Waals surface area contributed by atoms with Crippen molar-refractivity contribution in [3.05, 3.63) is 70.5 Å². The van der Waals surface area contributed by atoms with Gasteiger partial charge in [-0.3, -0.25) is 19.4 Å². The van der Waals surface area contributed by atoms with Crippen LogP contribution < -0.4 is 10.1 Å². The molecule has 0 bridgehead atoms. The highest BCUT2D eigenvalue weighted by Gasteiger charge is 2.39. The highest BCUT2D eigenvalue weighted by atomic mass is 35.5. The maximum Gasteiger partial charge on any atom is 0.326 e. The minimum absolute atomic E-state index is 0.00884. The number of carbonyl (C=O) groups is 3. The first-order valence-electron chi connectivity index (χ1n) is 14.9. The number of nitrogens with one attached hydrogen (secondary N) is 1. The molecule has 0 radical (unpaired) electrons. The van der Waals surface area contributed by atoms with Gasteiger partial charge in [0.15, 0.2) is 0 Å². The summed E-state index contributed by atoms with van der Waals surface area (Å²) >= 11 is 7.01. The van der Waals surface area contributed by atoms with Crippen molar-refractivity contribution >= 4 is 35.1 Å². The Morgan fingerprint density at radius 1 is 1.09 bits per heavy atom. The Morgan fingerprint density at radius 3 is 2.47 bits per heavy atom. The van der Waals surface area contributed by atoms with Crippen molar-refractivity contribution in [2.45, 2.75) is 32.4 Å². The Kier molecular flexibility index (Phi) is 9.76. The number of methoxy groups -OCH3 is 1. The minimum atomic E-state index is -1.03. The van der Waals surface area contributed by atoms with Gasteiger partial charge >= 0.3 is 6.03 Å². The monoisotopic (exact) mass is 636 g/mol. The molecule has 11 heteroatoms. The Balaban J connectivity index is 1.42. The molecule has 2 aliphatic heterocycles. The first-order valence-corrected chi connectivity index (χ1v) is 15.3. The van der Waals surface area contributed by atoms with Crippen LogP contribution >= 0.6 is 11.6 Å². The fourth-order valence-corrected chi connectivity index (χ4v) is 6.40. The highest BCUT2D eigenvalue weighted by Crippen LogP contribution is 2.41. The van der Waals surface area contributed by atoms with Crippen molar-refractivity contribution < 1.29 is 28.2 Å². The molecule has 0 spiro atoms. The number of carbonyl (C=O) groups excluding carboxylic acids is 3. The summed E-state index contributed by atoms with van der Waals surface area (Å²) < 4.78 is 26.8. The van der Waals surface area contributed by atoms with Crippen molar-refractivity contribution in [1.29, 1.82) is 0 Å². The van der Waals surface area contributed by atoms with E-state index in [0.29, 0.717) is 64.5 Å². The zero-order chi connectivity index (χ0) is 32.4. The van der Waals surface area contributed by atoms with Crippen LogP contribution in [0.25, 0.3) is 22.3 Å². The number of anilines is 1. The van der Waals surface area contributed by atoms with Crippen molar-refractivity contribution in [2.75, 3.05) is 53.3 Å². The Hall–Kier alpha value is -3.99. The third-order valence-electron chi connectivity index (χ3n) is 8.80. The van der Waals surface area contributed by atoms with Crippen LogP contribution in [0.1, 0.15) is 24.0 Å². The van der Waals surface area contributed by atoms with E-state index in [2.05, 4.69) is 10.2 Å². The van der Waals surface area contributed by atoms with Crippen LogP contribution in [0.4, 0.5) is 14.9 Å². The topological polar surface area (TPSA) is 91.4 Å². The molecule has 238 valence electrons. The molecule has 2 aliphatic rings. The number of hydrogen-bond donors (Lipinski definition) is 1. The lowest BCUT2D eigenvalue weighted by atomic mass is 9.94. The fourth-order valence-electron chi connectivity index (χ4n) is 6.06. The van der Waals surface area contributed by atoms with Gasteiger partial charge in [-0.1, -0.05) is 41.9 Å². The van der Waals surface area contributed by atoms with Crippen LogP contribution in [0.3, 0.4) is 0 Å². The SMILES string of the molecule is COc1cc(-c2cccc(-c3cccc(NC(=O)C4CN(C)C(=O)N(C)C4=O)c3C)c2Cl)cc(F)c1CN(C)C1CCOCC1. The Bertz CT molecular complexity index is 1630. The molecule has 1 unspecified atom stereocenters. The van der Waals surface area contributed by atoms with Crippen molar-refractivity contribution in [3.8, 4) is 28.0 Å². The predicted octanol–water partition coefficient (Wildman–Crippen LogP) is 5.82. The molecule has 0 saturated carbocycles. The molecule has 0 aliphatic carbocycles. The van der Waals surface area contributed by atoms with Crippen molar-refractivity contribution in [1.82, 2.24) is 14.7 Å². The van der Waals surface area contributed by atoms with Crippen LogP contribution in [-0.2, 0) is 20.9 Å². The molecular weight excluding hydrogens is 599 g/mol. The Labute approximate surface area is 267 Å². The smallest absolute Gasteiger partial charge is 0.326 e. The first-order chi connectivity index (χ1) is 21.5. The van der Waals surface area contributed by atoms with Crippen LogP contribution in [-0.4, -0.2) is 86.6 Å². The number of amides is 4. The van der Waals surface area contributed by atoms with E-state index in [1.165, 1.54) is 25.1 Å². The van der Waals surface area contributed by atoms with E-state index in [4.69, 9.17) is 21.1 Å². The molecule has 3 aromatic carbocycles. The van der Waals surface area contributed by atoms with Gasteiger partial charge in [0.05, 0.1) is 12.1 Å². The second-order valence-corrected chi connectivity index (χ2v) is 12.0. The maximum absolute atomic E-state index is 15.7. The van der Waals surface area contributed by atoms with E-state index >= 15 is 4.39 Å². The number of hydrogen-bond acceptors (Lipinski definition) is 6. The molecule has 2 saturated heterocycles. The number of rotatable bonds is 8. The number of imide groups is 1. The van der Waals surface area contributed by atoms with Gasteiger partial charge < -0.3 is 19.7 Å². The maximum atomic E-state index is 15.7. The normalized spacial score (nSPS) is 17.6. The zero-order valence-electron chi connectivity index (χ0n) is 26.2. The molecule has 1 N–H and O–H groups in total. The van der Waals surface area contributed by atoms with Crippen LogP contribution in [0.2, 0.25) is 5.02 Å². The minimum Gasteiger partial charge on any atom is -0.496 e. The van der Waals surface area contributed by atoms with Gasteiger partial charge in [-0.2, -0.15) is 0 Å². The lowest BCUT2D eigenvalue weighted by Gasteiger charge is -2.33. The second kappa shape index (κ2) is 13.6. The summed E-state index contributed by atoms with van der Waals surface area (Å²) in [4.78, 5) is 42.4. The molecule has 2 fully saturated rings. The summed E-state index contributed by atoms with van der Waals surface area (Å²) in [5.74, 6) is -2.01. The summed E-state index contributed by atoms with van der Waals surface area (Å²) in [5.41, 5.74) is 4.41. The average molecular weight is 637 g/mol. The molecule has 4 amide bonds. The number of halogens is 2. The Morgan fingerprint density at radius 2 is 1.76 bits per heavy atom. The van der Waals surface area contributed by atoms with Gasteiger partial charge in [-0.05, 0) is 61.7 Å². The summed E-state index contributed by atoms with van der Waals surface area (Å²) in [7, 11) is 6.44. The van der Waals surface area contributed by atoms with E-state index in [1.807, 2.05) is 44.3 Å². The van der Waals surface area contributed by atoms with E-state index in [1.54, 1.807) is 19.2 Å². The number of benzene rings is 3. The summed E-state index contributed by atoms with van der Waals surface area (Å²) in [6.45, 7) is 3.65. The molecule has 2 heterocycles. The lowest BCUT2D eigenvalue weighted by molar-refractivity contribution is -0.140. The third-order valence-corrected chi connectivity index (χ3v) is 9.21. The molecule has 9 nitrogen and oxygen atoms in total. The number of ether oxygens (including phenoxy) is 2. The van der Waals surface area contributed by atoms with Crippen molar-refractivity contribution in [2.24, 2.45) is 5.92 Å². The summed E-state index contributed by atoms with van der Waals surface area (Å²) in [5, 5.41) is 3.28. The largest absolute Gasteiger partial charge is 0.496 e. The van der Waals surface area contributed by atoms with Gasteiger partial charge in [-0.15, -0.1) is 0 Å². The number of urea groups is 1. The van der Waals surface area contributed by atoms with Crippen molar-refractivity contribution in [3.63, 3.8) is 0 Å². The first kappa shape index (κ1) is 32.4. The molecule has 1 atom stereocenters. The average Bonchev–Trinajstić information content (AvgIpc) is 3.04. The van der Waals surface area contributed by atoms with Crippen LogP contribution in [0.15, 0.2) is 48.5 Å². The van der Waals surface area contributed by atoms with Gasteiger partial charge in [0, 0.05) is 68.8 Å². The van der Waals surface area contributed by atoms with E-state index < -0.39 is 23.8 Å². The van der Waals surface area contributed by atoms with Gasteiger partial charge in [0.1, 0.15) is 17.5 Å². The third kappa shape index (κ3) is 6.54. The molecular formula is C34H38ClFN4O5. The van der Waals surface area contributed by atoms with Crippen LogP contribution in [0, 0.1) is 18.7 Å². The summed E-state index contributed by atoms with van der Waals surface area (Å²) in [6, 6.07) is 14.1. The van der Waals surface area contributed by atoms with E-state index in [9.17, 15) is 14.4 Å². The molecule has 45 heavy (non-hydrogen) atoms. The molecule has 0 aromatic heterocycles. The highest BCUT2D eigenvalue weighted by molar-refractivity contribution is 6.36. The van der Waals surface area contributed by atoms with Crippen LogP contribution in [0.5, 0.6) is 5.75 Å². The van der Waals surface area contributed by atoms with E-state index in [0.717, 1.165) is 28.9 Å². The molecule has 3 aromatic rings. The summed E-state index contributed by atoms with van der Waals surface area (Å²) in [6.07, 6.45) is 1.80. The molecule has 5 rings (SSSR count). The number of nitrogens with zero attached hydrogens (tertiary/aromatic N) is 3. The quantitative estimate of drug-likeness (QED) is 0.314. The van der Waals surface area contributed by atoms with E-state index in [-0.39, 0.29) is 12.4 Å².